The number of likely N-dealkylation sites (N-methyl/N-ethyl adjacent to an activating group) is 1. The Bertz CT molecular complexity index is 393. The molecule has 1 saturated heterocycles. The molecular formula is C12H19N3O2S. The Morgan fingerprint density at radius 2 is 1.83 bits per heavy atom. The van der Waals surface area contributed by atoms with Gasteiger partial charge in [-0.05, 0) is 25.2 Å². The lowest BCUT2D eigenvalue weighted by Gasteiger charge is -2.35. The molecule has 2 fully saturated rings. The first-order valence-corrected chi connectivity index (χ1v) is 6.70. The van der Waals surface area contributed by atoms with Crippen molar-refractivity contribution < 1.29 is 9.59 Å². The van der Waals surface area contributed by atoms with E-state index in [1.54, 1.807) is 9.80 Å². The number of carbonyl (C=O) groups excluding carboxylic acids is 2. The Kier molecular flexibility index (Phi) is 3.56. The SMILES string of the molecule is CCN1CC(=O)N(CC2(CC(N)=S)CC2)CC1=O. The Morgan fingerprint density at radius 1 is 1.28 bits per heavy atom. The van der Waals surface area contributed by atoms with Gasteiger partial charge < -0.3 is 15.5 Å². The predicted octanol–water partition coefficient (Wildman–Crippen LogP) is 0.134. The lowest BCUT2D eigenvalue weighted by molar-refractivity contribution is -0.150. The monoisotopic (exact) mass is 269 g/mol. The third-order valence-corrected chi connectivity index (χ3v) is 3.92. The van der Waals surface area contributed by atoms with Gasteiger partial charge >= 0.3 is 0 Å². The van der Waals surface area contributed by atoms with Gasteiger partial charge in [0.25, 0.3) is 0 Å². The minimum absolute atomic E-state index is 0.0308. The van der Waals surface area contributed by atoms with E-state index in [4.69, 9.17) is 18.0 Å². The van der Waals surface area contributed by atoms with Gasteiger partial charge in [-0.3, -0.25) is 9.59 Å². The molecule has 0 bridgehead atoms. The molecule has 0 aromatic rings. The van der Waals surface area contributed by atoms with E-state index in [1.807, 2.05) is 6.92 Å². The van der Waals surface area contributed by atoms with Crippen LogP contribution < -0.4 is 5.73 Å². The summed E-state index contributed by atoms with van der Waals surface area (Å²) in [6.45, 7) is 3.50. The van der Waals surface area contributed by atoms with E-state index in [2.05, 4.69) is 0 Å². The first kappa shape index (κ1) is 13.3. The van der Waals surface area contributed by atoms with Crippen LogP contribution in [0.5, 0.6) is 0 Å². The maximum atomic E-state index is 12.0. The number of thiocarbonyl (C=S) groups is 1. The number of hydrogen-bond acceptors (Lipinski definition) is 3. The highest BCUT2D eigenvalue weighted by atomic mass is 32.1. The molecule has 2 rings (SSSR count). The van der Waals surface area contributed by atoms with Crippen LogP contribution in [0.2, 0.25) is 0 Å². The first-order valence-electron chi connectivity index (χ1n) is 6.30. The third-order valence-electron chi connectivity index (χ3n) is 3.77. The van der Waals surface area contributed by atoms with Crippen LogP contribution in [0.15, 0.2) is 0 Å². The Morgan fingerprint density at radius 3 is 2.33 bits per heavy atom. The Labute approximate surface area is 112 Å². The molecule has 1 heterocycles. The molecule has 1 aliphatic heterocycles. The van der Waals surface area contributed by atoms with Crippen molar-refractivity contribution >= 4 is 29.0 Å². The van der Waals surface area contributed by atoms with Crippen LogP contribution in [0.1, 0.15) is 26.2 Å². The molecule has 5 nitrogen and oxygen atoms in total. The highest BCUT2D eigenvalue weighted by molar-refractivity contribution is 7.80. The standard InChI is InChI=1S/C12H19N3O2S/c1-2-14-6-11(17)15(7-10(14)16)8-12(3-4-12)5-9(13)18/h2-8H2,1H3,(H2,13,18). The van der Waals surface area contributed by atoms with Crippen LogP contribution in [0.4, 0.5) is 0 Å². The fraction of sp³-hybridized carbons (Fsp3) is 0.750. The van der Waals surface area contributed by atoms with Crippen molar-refractivity contribution in [3.8, 4) is 0 Å². The van der Waals surface area contributed by atoms with Gasteiger partial charge in [-0.2, -0.15) is 0 Å². The summed E-state index contributed by atoms with van der Waals surface area (Å²) in [5.74, 6) is 0.0638. The lowest BCUT2D eigenvalue weighted by Crippen LogP contribution is -2.54. The average Bonchev–Trinajstić information content (AvgIpc) is 3.01. The van der Waals surface area contributed by atoms with Crippen molar-refractivity contribution in [2.24, 2.45) is 11.1 Å². The highest BCUT2D eigenvalue weighted by Crippen LogP contribution is 2.49. The summed E-state index contributed by atoms with van der Waals surface area (Å²) < 4.78 is 0. The molecule has 18 heavy (non-hydrogen) atoms. The van der Waals surface area contributed by atoms with E-state index in [-0.39, 0.29) is 30.3 Å². The van der Waals surface area contributed by atoms with E-state index in [0.717, 1.165) is 12.8 Å². The zero-order valence-electron chi connectivity index (χ0n) is 10.6. The number of nitrogens with zero attached hydrogens (tertiary/aromatic N) is 2. The zero-order valence-corrected chi connectivity index (χ0v) is 11.5. The number of carbonyl (C=O) groups is 2. The van der Waals surface area contributed by atoms with Gasteiger partial charge in [-0.15, -0.1) is 0 Å². The van der Waals surface area contributed by atoms with Crippen molar-refractivity contribution in [2.75, 3.05) is 26.2 Å². The van der Waals surface area contributed by atoms with E-state index in [9.17, 15) is 9.59 Å². The molecule has 1 aliphatic carbocycles. The summed E-state index contributed by atoms with van der Waals surface area (Å²) in [5, 5.41) is 0. The van der Waals surface area contributed by atoms with Crippen molar-refractivity contribution in [2.45, 2.75) is 26.2 Å². The van der Waals surface area contributed by atoms with Gasteiger partial charge in [-0.25, -0.2) is 0 Å². The van der Waals surface area contributed by atoms with E-state index in [0.29, 0.717) is 24.5 Å². The number of amides is 2. The molecule has 0 radical (unpaired) electrons. The molecule has 2 amide bonds. The summed E-state index contributed by atoms with van der Waals surface area (Å²) >= 11 is 4.94. The molecule has 6 heteroatoms. The molecule has 0 aromatic carbocycles. The second-order valence-corrected chi connectivity index (χ2v) is 5.83. The number of hydrogen-bond donors (Lipinski definition) is 1. The second-order valence-electron chi connectivity index (χ2n) is 5.30. The van der Waals surface area contributed by atoms with Gasteiger partial charge in [0.15, 0.2) is 0 Å². The van der Waals surface area contributed by atoms with Crippen LogP contribution >= 0.6 is 12.2 Å². The smallest absolute Gasteiger partial charge is 0.242 e. The van der Waals surface area contributed by atoms with Crippen LogP contribution in [-0.4, -0.2) is 52.8 Å². The minimum Gasteiger partial charge on any atom is -0.393 e. The highest BCUT2D eigenvalue weighted by Gasteiger charge is 2.46. The summed E-state index contributed by atoms with van der Waals surface area (Å²) in [7, 11) is 0. The molecule has 1 saturated carbocycles. The summed E-state index contributed by atoms with van der Waals surface area (Å²) in [6.07, 6.45) is 2.76. The Hall–Kier alpha value is -1.17. The van der Waals surface area contributed by atoms with Crippen molar-refractivity contribution in [1.29, 1.82) is 0 Å². The molecule has 2 N–H and O–H groups in total. The molecule has 100 valence electrons. The van der Waals surface area contributed by atoms with Crippen molar-refractivity contribution in [3.63, 3.8) is 0 Å². The van der Waals surface area contributed by atoms with Gasteiger partial charge in [0.05, 0.1) is 18.1 Å². The normalized spacial score (nSPS) is 22.3. The van der Waals surface area contributed by atoms with Crippen LogP contribution in [-0.2, 0) is 9.59 Å². The molecular weight excluding hydrogens is 250 g/mol. The number of rotatable bonds is 5. The second kappa shape index (κ2) is 4.84. The van der Waals surface area contributed by atoms with Crippen LogP contribution in [0.25, 0.3) is 0 Å². The molecule has 0 spiro atoms. The van der Waals surface area contributed by atoms with E-state index >= 15 is 0 Å². The summed E-state index contributed by atoms with van der Waals surface area (Å²) in [5.41, 5.74) is 5.63. The predicted molar refractivity (Wildman–Crippen MR) is 71.9 cm³/mol. The fourth-order valence-corrected chi connectivity index (χ4v) is 2.78. The Balaban J connectivity index is 1.96. The quantitative estimate of drug-likeness (QED) is 0.721. The van der Waals surface area contributed by atoms with Crippen LogP contribution in [0, 0.1) is 5.41 Å². The number of piperazine rings is 1. The summed E-state index contributed by atoms with van der Waals surface area (Å²) in [4.78, 5) is 27.5. The van der Waals surface area contributed by atoms with E-state index < -0.39 is 0 Å². The maximum absolute atomic E-state index is 12.0. The zero-order chi connectivity index (χ0) is 13.3. The van der Waals surface area contributed by atoms with Gasteiger partial charge in [0.1, 0.15) is 0 Å². The van der Waals surface area contributed by atoms with Gasteiger partial charge in [0, 0.05) is 19.5 Å². The van der Waals surface area contributed by atoms with Crippen molar-refractivity contribution in [3.05, 3.63) is 0 Å². The third kappa shape index (κ3) is 2.80. The first-order chi connectivity index (χ1) is 8.46. The lowest BCUT2D eigenvalue weighted by atomic mass is 10.0. The maximum Gasteiger partial charge on any atom is 0.242 e. The number of nitrogens with two attached hydrogens (primary N) is 1. The topological polar surface area (TPSA) is 66.6 Å². The van der Waals surface area contributed by atoms with Crippen LogP contribution in [0.3, 0.4) is 0 Å². The molecule has 0 aromatic heterocycles. The fourth-order valence-electron chi connectivity index (χ4n) is 2.48. The van der Waals surface area contributed by atoms with E-state index in [1.165, 1.54) is 0 Å². The molecule has 0 unspecified atom stereocenters. The molecule has 2 aliphatic rings. The minimum atomic E-state index is 0.0308. The van der Waals surface area contributed by atoms with Gasteiger partial charge in [0.2, 0.25) is 11.8 Å². The molecule has 0 atom stereocenters. The van der Waals surface area contributed by atoms with Gasteiger partial charge in [-0.1, -0.05) is 12.2 Å². The summed E-state index contributed by atoms with van der Waals surface area (Å²) in [6, 6.07) is 0. The average molecular weight is 269 g/mol. The largest absolute Gasteiger partial charge is 0.393 e. The van der Waals surface area contributed by atoms with Crippen molar-refractivity contribution in [1.82, 2.24) is 9.80 Å².